The van der Waals surface area contributed by atoms with Crippen LogP contribution in [0.3, 0.4) is 0 Å². The summed E-state index contributed by atoms with van der Waals surface area (Å²) in [4.78, 5) is 12.9. The van der Waals surface area contributed by atoms with Crippen molar-refractivity contribution in [2.75, 3.05) is 0 Å². The van der Waals surface area contributed by atoms with Crippen molar-refractivity contribution in [1.82, 2.24) is 29.3 Å². The van der Waals surface area contributed by atoms with Gasteiger partial charge in [-0.2, -0.15) is 5.10 Å². The number of aryl methyl sites for hydroxylation is 2. The number of nitrogens with zero attached hydrogens (tertiary/aromatic N) is 6. The van der Waals surface area contributed by atoms with E-state index in [9.17, 15) is 13.2 Å². The van der Waals surface area contributed by atoms with Gasteiger partial charge in [-0.3, -0.25) is 4.68 Å². The van der Waals surface area contributed by atoms with Crippen LogP contribution in [0.4, 0.5) is 13.2 Å². The molecule has 0 fully saturated rings. The maximum absolute atomic E-state index is 13.5. The van der Waals surface area contributed by atoms with Crippen LogP contribution in [0.1, 0.15) is 6.42 Å². The molecular formula is C22H17F3N6O. The molecule has 0 radical (unpaired) electrons. The second-order valence-corrected chi connectivity index (χ2v) is 7.32. The van der Waals surface area contributed by atoms with Gasteiger partial charge in [-0.25, -0.2) is 28.1 Å². The predicted octanol–water partition coefficient (Wildman–Crippen LogP) is 4.95. The van der Waals surface area contributed by atoms with E-state index in [0.717, 1.165) is 0 Å². The lowest BCUT2D eigenvalue weighted by molar-refractivity contribution is 0.130. The van der Waals surface area contributed by atoms with Gasteiger partial charge in [-0.15, -0.1) is 0 Å². The third-order valence-electron chi connectivity index (χ3n) is 5.00. The number of imidazole rings is 1. The summed E-state index contributed by atoms with van der Waals surface area (Å²) in [6.45, 7) is 0.0324. The molecule has 5 rings (SSSR count). The van der Waals surface area contributed by atoms with Crippen LogP contribution < -0.4 is 0 Å². The highest BCUT2D eigenvalue weighted by Crippen LogP contribution is 2.36. The largest absolute Gasteiger partial charge is 0.436 e. The quantitative estimate of drug-likeness (QED) is 0.375. The predicted molar refractivity (Wildman–Crippen MR) is 111 cm³/mol. The van der Waals surface area contributed by atoms with Crippen LogP contribution in [0, 0.1) is 5.82 Å². The number of hydrogen-bond acceptors (Lipinski definition) is 5. The van der Waals surface area contributed by atoms with E-state index in [1.165, 1.54) is 23.1 Å². The number of fused-ring (bicyclic) bond motifs is 1. The monoisotopic (exact) mass is 438 g/mol. The lowest BCUT2D eigenvalue weighted by Crippen LogP contribution is -2.03. The Balaban J connectivity index is 1.65. The van der Waals surface area contributed by atoms with Gasteiger partial charge in [0, 0.05) is 43.5 Å². The molecule has 0 unspecified atom stereocenters. The summed E-state index contributed by atoms with van der Waals surface area (Å²) in [7, 11) is 1.85. The fourth-order valence-corrected chi connectivity index (χ4v) is 3.50. The summed E-state index contributed by atoms with van der Waals surface area (Å²) in [5.41, 5.74) is 3.27. The molecule has 32 heavy (non-hydrogen) atoms. The highest BCUT2D eigenvalue weighted by Gasteiger charge is 2.20. The normalized spacial score (nSPS) is 11.7. The van der Waals surface area contributed by atoms with Crippen LogP contribution in [0.15, 0.2) is 59.8 Å². The topological polar surface area (TPSA) is 74.6 Å². The number of halogens is 3. The Kier molecular flexibility index (Phi) is 4.96. The van der Waals surface area contributed by atoms with E-state index >= 15 is 0 Å². The Labute approximate surface area is 180 Å². The SMILES string of the molecule is Cn1cnc(-c2cc3c(-c4cn(CCC(F)F)nc4-c4ccc(F)cc4)ncnc3o2)c1. The van der Waals surface area contributed by atoms with Crippen molar-refractivity contribution < 1.29 is 17.6 Å². The van der Waals surface area contributed by atoms with Gasteiger partial charge in [0.15, 0.2) is 5.76 Å². The Morgan fingerprint density at radius 3 is 2.56 bits per heavy atom. The minimum Gasteiger partial charge on any atom is -0.436 e. The highest BCUT2D eigenvalue weighted by molar-refractivity contribution is 5.95. The van der Waals surface area contributed by atoms with Crippen LogP contribution >= 0.6 is 0 Å². The van der Waals surface area contributed by atoms with Crippen molar-refractivity contribution >= 4 is 11.1 Å². The molecule has 1 aromatic carbocycles. The molecule has 7 nitrogen and oxygen atoms in total. The zero-order valence-electron chi connectivity index (χ0n) is 16.9. The van der Waals surface area contributed by atoms with Crippen LogP contribution in [0.5, 0.6) is 0 Å². The first-order valence-corrected chi connectivity index (χ1v) is 9.83. The zero-order valence-corrected chi connectivity index (χ0v) is 16.9. The van der Waals surface area contributed by atoms with E-state index in [2.05, 4.69) is 20.1 Å². The summed E-state index contributed by atoms with van der Waals surface area (Å²) in [6.07, 6.45) is 3.73. The summed E-state index contributed by atoms with van der Waals surface area (Å²) in [5, 5.41) is 5.12. The van der Waals surface area contributed by atoms with E-state index in [1.54, 1.807) is 35.3 Å². The van der Waals surface area contributed by atoms with Crippen LogP contribution in [-0.4, -0.2) is 35.7 Å². The molecule has 0 aliphatic heterocycles. The first-order valence-electron chi connectivity index (χ1n) is 9.83. The molecule has 0 bridgehead atoms. The van der Waals surface area contributed by atoms with E-state index in [0.29, 0.717) is 45.1 Å². The first kappa shape index (κ1) is 20.0. The van der Waals surface area contributed by atoms with Crippen LogP contribution in [0.25, 0.3) is 45.1 Å². The molecular weight excluding hydrogens is 421 g/mol. The average molecular weight is 438 g/mol. The van der Waals surface area contributed by atoms with E-state index in [1.807, 2.05) is 13.2 Å². The van der Waals surface area contributed by atoms with Crippen molar-refractivity contribution in [3.8, 4) is 34.0 Å². The minimum absolute atomic E-state index is 0.0324. The average Bonchev–Trinajstić information content (AvgIpc) is 3.50. The van der Waals surface area contributed by atoms with Gasteiger partial charge in [-0.1, -0.05) is 0 Å². The Bertz CT molecular complexity index is 1390. The number of aromatic nitrogens is 6. The van der Waals surface area contributed by atoms with Gasteiger partial charge >= 0.3 is 0 Å². The van der Waals surface area contributed by atoms with Gasteiger partial charge in [0.05, 0.1) is 17.4 Å². The van der Waals surface area contributed by atoms with Crippen molar-refractivity contribution in [3.63, 3.8) is 0 Å². The molecule has 162 valence electrons. The Morgan fingerprint density at radius 2 is 1.84 bits per heavy atom. The van der Waals surface area contributed by atoms with Gasteiger partial charge < -0.3 is 8.98 Å². The Morgan fingerprint density at radius 1 is 1.03 bits per heavy atom. The molecule has 10 heteroatoms. The second kappa shape index (κ2) is 7.95. The molecule has 0 saturated carbocycles. The third-order valence-corrected chi connectivity index (χ3v) is 5.00. The summed E-state index contributed by atoms with van der Waals surface area (Å²) < 4.78 is 48.1. The van der Waals surface area contributed by atoms with Gasteiger partial charge in [0.1, 0.15) is 23.5 Å². The summed E-state index contributed by atoms with van der Waals surface area (Å²) >= 11 is 0. The number of furan rings is 1. The molecule has 0 amide bonds. The molecule has 0 atom stereocenters. The van der Waals surface area contributed by atoms with Gasteiger partial charge in [-0.05, 0) is 30.3 Å². The van der Waals surface area contributed by atoms with Gasteiger partial charge in [0.2, 0.25) is 12.1 Å². The Hall–Kier alpha value is -3.95. The number of hydrogen-bond donors (Lipinski definition) is 0. The molecule has 0 aliphatic rings. The molecule has 0 aliphatic carbocycles. The maximum Gasteiger partial charge on any atom is 0.240 e. The maximum atomic E-state index is 13.5. The highest BCUT2D eigenvalue weighted by atomic mass is 19.3. The summed E-state index contributed by atoms with van der Waals surface area (Å²) in [5.74, 6) is 0.141. The fourth-order valence-electron chi connectivity index (χ4n) is 3.50. The van der Waals surface area contributed by atoms with Crippen molar-refractivity contribution in [3.05, 3.63) is 61.2 Å². The van der Waals surface area contributed by atoms with E-state index in [4.69, 9.17) is 4.42 Å². The van der Waals surface area contributed by atoms with Crippen LogP contribution in [0.2, 0.25) is 0 Å². The molecule has 0 spiro atoms. The van der Waals surface area contributed by atoms with Crippen LogP contribution in [-0.2, 0) is 13.6 Å². The second-order valence-electron chi connectivity index (χ2n) is 7.32. The fraction of sp³-hybridized carbons (Fsp3) is 0.182. The number of benzene rings is 1. The number of rotatable bonds is 6. The lowest BCUT2D eigenvalue weighted by atomic mass is 10.0. The lowest BCUT2D eigenvalue weighted by Gasteiger charge is -2.03. The smallest absolute Gasteiger partial charge is 0.240 e. The van der Waals surface area contributed by atoms with Crippen molar-refractivity contribution in [1.29, 1.82) is 0 Å². The van der Waals surface area contributed by atoms with Crippen molar-refractivity contribution in [2.45, 2.75) is 19.4 Å². The standard InChI is InChI=1S/C22H17F3N6O/c1-30-10-17(28-12-30)18-8-15-21(26-11-27-22(15)32-18)16-9-31(7-6-19(24)25)29-20(16)13-2-4-14(23)5-3-13/h2-5,8-12,19H,6-7H2,1H3. The van der Waals surface area contributed by atoms with Gasteiger partial charge in [0.25, 0.3) is 0 Å². The van der Waals surface area contributed by atoms with E-state index in [-0.39, 0.29) is 18.8 Å². The molecule has 4 heterocycles. The minimum atomic E-state index is -2.45. The third kappa shape index (κ3) is 3.75. The van der Waals surface area contributed by atoms with Crippen molar-refractivity contribution in [2.24, 2.45) is 7.05 Å². The molecule has 0 N–H and O–H groups in total. The zero-order chi connectivity index (χ0) is 22.2. The number of alkyl halides is 2. The van der Waals surface area contributed by atoms with E-state index < -0.39 is 6.43 Å². The molecule has 0 saturated heterocycles. The molecule has 5 aromatic rings. The molecule has 4 aromatic heterocycles. The first-order chi connectivity index (χ1) is 15.5. The summed E-state index contributed by atoms with van der Waals surface area (Å²) in [6, 6.07) is 7.61.